The average molecular weight is 418 g/mol. The lowest BCUT2D eigenvalue weighted by molar-refractivity contribution is -0.236. The summed E-state index contributed by atoms with van der Waals surface area (Å²) in [6.45, 7) is 1.78. The molecule has 9 atom stereocenters. The molecule has 1 heterocycles. The number of carbonyl (C=O) groups excluding carboxylic acids is 1. The van der Waals surface area contributed by atoms with E-state index in [0.29, 0.717) is 44.1 Å². The van der Waals surface area contributed by atoms with E-state index in [0.717, 1.165) is 0 Å². The van der Waals surface area contributed by atoms with E-state index in [1.165, 1.54) is 12.3 Å². The Kier molecular flexibility index (Phi) is 4.40. The van der Waals surface area contributed by atoms with E-state index in [2.05, 4.69) is 0 Å². The van der Waals surface area contributed by atoms with E-state index in [1.54, 1.807) is 13.0 Å². The number of rotatable bonds is 1. The molecule has 7 heteroatoms. The van der Waals surface area contributed by atoms with E-state index in [9.17, 15) is 30.0 Å². The van der Waals surface area contributed by atoms with Crippen molar-refractivity contribution in [2.45, 2.75) is 81.2 Å². The van der Waals surface area contributed by atoms with E-state index in [4.69, 9.17) is 4.42 Å². The Morgan fingerprint density at radius 1 is 1.00 bits per heavy atom. The molecule has 164 valence electrons. The highest BCUT2D eigenvalue weighted by atomic mass is 16.4. The second-order valence-corrected chi connectivity index (χ2v) is 10.3. The number of hydrogen-bond acceptors (Lipinski definition) is 7. The van der Waals surface area contributed by atoms with Crippen molar-refractivity contribution in [3.05, 3.63) is 34.4 Å². The number of aliphatic hydroxyl groups is 4. The van der Waals surface area contributed by atoms with Crippen LogP contribution in [0, 0.1) is 23.2 Å². The summed E-state index contributed by atoms with van der Waals surface area (Å²) in [4.78, 5) is 24.9. The van der Waals surface area contributed by atoms with Gasteiger partial charge in [-0.15, -0.1) is 0 Å². The van der Waals surface area contributed by atoms with Crippen LogP contribution in [-0.4, -0.2) is 49.6 Å². The Morgan fingerprint density at radius 2 is 1.77 bits per heavy atom. The van der Waals surface area contributed by atoms with Crippen molar-refractivity contribution in [2.24, 2.45) is 23.2 Å². The maximum Gasteiger partial charge on any atom is 0.335 e. The van der Waals surface area contributed by atoms with Gasteiger partial charge < -0.3 is 24.8 Å². The summed E-state index contributed by atoms with van der Waals surface area (Å²) < 4.78 is 5.03. The molecule has 4 saturated carbocycles. The third-order valence-electron chi connectivity index (χ3n) is 9.22. The first kappa shape index (κ1) is 20.4. The summed E-state index contributed by atoms with van der Waals surface area (Å²) in [5.74, 6) is -1.95. The van der Waals surface area contributed by atoms with Gasteiger partial charge in [0.05, 0.1) is 23.6 Å². The second kappa shape index (κ2) is 6.48. The van der Waals surface area contributed by atoms with Gasteiger partial charge in [-0.1, -0.05) is 6.92 Å². The molecule has 5 rings (SSSR count). The molecule has 4 fully saturated rings. The summed E-state index contributed by atoms with van der Waals surface area (Å²) in [6.07, 6.45) is 2.60. The SMILES string of the molecule is CC12C(O)C(=O)C3C4CCC(O)CC4(O)CCC3C1(O)CCC2c1ccc(=O)oc1. The van der Waals surface area contributed by atoms with Gasteiger partial charge >= 0.3 is 5.63 Å². The molecule has 0 saturated heterocycles. The molecule has 0 aromatic carbocycles. The molecule has 0 amide bonds. The van der Waals surface area contributed by atoms with Crippen molar-refractivity contribution in [3.63, 3.8) is 0 Å². The molecule has 0 spiro atoms. The normalized spacial score (nSPS) is 50.5. The minimum Gasteiger partial charge on any atom is -0.431 e. The lowest BCUT2D eigenvalue weighted by Gasteiger charge is -2.62. The molecule has 4 N–H and O–H groups in total. The molecule has 0 radical (unpaired) electrons. The highest BCUT2D eigenvalue weighted by molar-refractivity contribution is 5.89. The third-order valence-corrected chi connectivity index (χ3v) is 9.22. The Labute approximate surface area is 174 Å². The molecule has 0 bridgehead atoms. The second-order valence-electron chi connectivity index (χ2n) is 10.3. The quantitative estimate of drug-likeness (QED) is 0.538. The first-order chi connectivity index (χ1) is 14.1. The van der Waals surface area contributed by atoms with Crippen LogP contribution in [0.15, 0.2) is 27.6 Å². The van der Waals surface area contributed by atoms with E-state index in [1.807, 2.05) is 0 Å². The maximum atomic E-state index is 13.6. The Morgan fingerprint density at radius 3 is 2.47 bits per heavy atom. The number of carbonyl (C=O) groups is 1. The fraction of sp³-hybridized carbons (Fsp3) is 0.739. The number of ketones is 1. The first-order valence-electron chi connectivity index (χ1n) is 11.1. The van der Waals surface area contributed by atoms with Crippen LogP contribution in [-0.2, 0) is 4.79 Å². The molecular formula is C23H30O7. The fourth-order valence-corrected chi connectivity index (χ4v) is 7.71. The highest BCUT2D eigenvalue weighted by Gasteiger charge is 2.73. The summed E-state index contributed by atoms with van der Waals surface area (Å²) in [5, 5.41) is 44.6. The monoisotopic (exact) mass is 418 g/mol. The molecular weight excluding hydrogens is 388 g/mol. The average Bonchev–Trinajstić information content (AvgIpc) is 2.98. The van der Waals surface area contributed by atoms with Gasteiger partial charge in [-0.25, -0.2) is 4.79 Å². The van der Waals surface area contributed by atoms with Gasteiger partial charge in [0.1, 0.15) is 6.10 Å². The highest BCUT2D eigenvalue weighted by Crippen LogP contribution is 2.67. The van der Waals surface area contributed by atoms with Gasteiger partial charge in [-0.2, -0.15) is 0 Å². The van der Waals surface area contributed by atoms with Crippen LogP contribution in [0.2, 0.25) is 0 Å². The standard InChI is InChI=1S/C23H30O7/c1-21-14(12-2-5-17(25)30-11-12)7-9-23(21,29)16-6-8-22(28)10-13(24)3-4-15(22)18(16)19(26)20(21)27/h2,5,11,13-16,18,20,24,27-29H,3-4,6-10H2,1H3. The maximum absolute atomic E-state index is 13.6. The summed E-state index contributed by atoms with van der Waals surface area (Å²) in [7, 11) is 0. The van der Waals surface area contributed by atoms with Crippen molar-refractivity contribution >= 4 is 5.78 Å². The molecule has 4 aliphatic rings. The minimum atomic E-state index is -1.38. The fourth-order valence-electron chi connectivity index (χ4n) is 7.71. The zero-order valence-corrected chi connectivity index (χ0v) is 17.2. The van der Waals surface area contributed by atoms with Crippen molar-refractivity contribution in [1.82, 2.24) is 0 Å². The smallest absolute Gasteiger partial charge is 0.335 e. The molecule has 9 unspecified atom stereocenters. The van der Waals surface area contributed by atoms with E-state index in [-0.39, 0.29) is 30.0 Å². The zero-order valence-electron chi connectivity index (χ0n) is 17.2. The first-order valence-corrected chi connectivity index (χ1v) is 11.1. The molecule has 7 nitrogen and oxygen atoms in total. The van der Waals surface area contributed by atoms with Crippen LogP contribution in [0.25, 0.3) is 0 Å². The van der Waals surface area contributed by atoms with Crippen LogP contribution >= 0.6 is 0 Å². The lowest BCUT2D eigenvalue weighted by atomic mass is 9.45. The summed E-state index contributed by atoms with van der Waals surface area (Å²) >= 11 is 0. The number of fused-ring (bicyclic) bond motifs is 5. The van der Waals surface area contributed by atoms with Gasteiger partial charge in [0.25, 0.3) is 0 Å². The lowest BCUT2D eigenvalue weighted by Crippen LogP contribution is -2.70. The van der Waals surface area contributed by atoms with Gasteiger partial charge in [0.15, 0.2) is 5.78 Å². The van der Waals surface area contributed by atoms with Crippen LogP contribution in [0.4, 0.5) is 0 Å². The van der Waals surface area contributed by atoms with Crippen molar-refractivity contribution in [3.8, 4) is 0 Å². The summed E-state index contributed by atoms with van der Waals surface area (Å²) in [6, 6.07) is 2.98. The predicted octanol–water partition coefficient (Wildman–Crippen LogP) is 1.12. The number of Topliss-reactive ketones (excluding diaryl/α,β-unsaturated/α-hetero) is 1. The summed E-state index contributed by atoms with van der Waals surface area (Å²) in [5.41, 5.74) is -3.26. The Balaban J connectivity index is 1.56. The minimum absolute atomic E-state index is 0.242. The van der Waals surface area contributed by atoms with Gasteiger partial charge in [0, 0.05) is 23.8 Å². The number of hydrogen-bond donors (Lipinski definition) is 4. The third kappa shape index (κ3) is 2.46. The van der Waals surface area contributed by atoms with Crippen LogP contribution in [0.1, 0.15) is 63.4 Å². The molecule has 1 aromatic rings. The molecule has 0 aliphatic heterocycles. The van der Waals surface area contributed by atoms with E-state index >= 15 is 0 Å². The molecule has 30 heavy (non-hydrogen) atoms. The van der Waals surface area contributed by atoms with E-state index < -0.39 is 40.4 Å². The molecule has 1 aromatic heterocycles. The van der Waals surface area contributed by atoms with Gasteiger partial charge in [0.2, 0.25) is 0 Å². The molecule has 4 aliphatic carbocycles. The van der Waals surface area contributed by atoms with Gasteiger partial charge in [-0.05, 0) is 67.9 Å². The Bertz CT molecular complexity index is 906. The van der Waals surface area contributed by atoms with Crippen LogP contribution in [0.5, 0.6) is 0 Å². The Hall–Kier alpha value is -1.54. The van der Waals surface area contributed by atoms with Crippen molar-refractivity contribution in [1.29, 1.82) is 0 Å². The predicted molar refractivity (Wildman–Crippen MR) is 106 cm³/mol. The van der Waals surface area contributed by atoms with Crippen molar-refractivity contribution in [2.75, 3.05) is 0 Å². The topological polar surface area (TPSA) is 128 Å². The van der Waals surface area contributed by atoms with Gasteiger partial charge in [-0.3, -0.25) is 4.79 Å². The van der Waals surface area contributed by atoms with Crippen LogP contribution in [0.3, 0.4) is 0 Å². The largest absolute Gasteiger partial charge is 0.431 e. The zero-order chi connectivity index (χ0) is 21.5. The number of aliphatic hydroxyl groups excluding tert-OH is 2. The van der Waals surface area contributed by atoms with Crippen LogP contribution < -0.4 is 5.63 Å². The van der Waals surface area contributed by atoms with Crippen molar-refractivity contribution < 1.29 is 29.6 Å².